The Labute approximate surface area is 223 Å². The van der Waals surface area contributed by atoms with Gasteiger partial charge < -0.3 is 30.3 Å². The number of hydrogen-bond donors (Lipinski definition) is 3. The zero-order valence-electron chi connectivity index (χ0n) is 21.5. The van der Waals surface area contributed by atoms with E-state index in [0.29, 0.717) is 18.1 Å². The number of amides is 1. The minimum atomic E-state index is -5.08. The van der Waals surface area contributed by atoms with Crippen molar-refractivity contribution >= 4 is 29.1 Å². The number of morpholine rings is 1. The number of aromatic nitrogens is 3. The monoisotopic (exact) mass is 549 g/mol. The number of carbonyl (C=O) groups excluding carboxylic acids is 1. The molecule has 1 aliphatic heterocycles. The van der Waals surface area contributed by atoms with Crippen LogP contribution >= 0.6 is 0 Å². The number of alkyl halides is 3. The van der Waals surface area contributed by atoms with Crippen molar-refractivity contribution in [2.24, 2.45) is 0 Å². The highest BCUT2D eigenvalue weighted by Crippen LogP contribution is 2.22. The smallest absolute Gasteiger partial charge is 0.475 e. The molecule has 0 radical (unpaired) electrons. The molecule has 1 saturated heterocycles. The number of carboxylic acid groups (broad SMARTS) is 1. The molecule has 0 atom stereocenters. The Morgan fingerprint density at radius 2 is 1.74 bits per heavy atom. The average molecular weight is 550 g/mol. The first kappa shape index (κ1) is 29.4. The van der Waals surface area contributed by atoms with Gasteiger partial charge in [0.05, 0.1) is 18.9 Å². The van der Waals surface area contributed by atoms with Gasteiger partial charge in [-0.2, -0.15) is 18.3 Å². The molecular weight excluding hydrogens is 519 g/mol. The van der Waals surface area contributed by atoms with Crippen molar-refractivity contribution in [2.75, 3.05) is 63.7 Å². The molecule has 14 heteroatoms. The van der Waals surface area contributed by atoms with Crippen LogP contribution < -0.4 is 15.5 Å². The maximum absolute atomic E-state index is 12.3. The number of hydrogen-bond acceptors (Lipinski definition) is 8. The number of halogens is 3. The highest BCUT2D eigenvalue weighted by atomic mass is 19.4. The Balaban J connectivity index is 0.000000532. The van der Waals surface area contributed by atoms with E-state index in [9.17, 15) is 18.0 Å². The van der Waals surface area contributed by atoms with Crippen LogP contribution in [-0.4, -0.2) is 96.3 Å². The molecule has 0 saturated carbocycles. The second-order valence-corrected chi connectivity index (χ2v) is 8.68. The van der Waals surface area contributed by atoms with Gasteiger partial charge in [0.25, 0.3) is 5.91 Å². The summed E-state index contributed by atoms with van der Waals surface area (Å²) in [5.41, 5.74) is 3.34. The summed E-state index contributed by atoms with van der Waals surface area (Å²) >= 11 is 0. The third kappa shape index (κ3) is 9.26. The van der Waals surface area contributed by atoms with Crippen LogP contribution in [0.4, 0.5) is 30.4 Å². The van der Waals surface area contributed by atoms with Gasteiger partial charge in [-0.3, -0.25) is 4.79 Å². The molecule has 3 N–H and O–H groups in total. The molecule has 1 amide bonds. The Kier molecular flexibility index (Phi) is 10.2. The summed E-state index contributed by atoms with van der Waals surface area (Å²) in [5, 5.41) is 17.7. The molecule has 0 unspecified atom stereocenters. The highest BCUT2D eigenvalue weighted by molar-refractivity contribution is 5.92. The lowest BCUT2D eigenvalue weighted by Gasteiger charge is -2.28. The SMILES string of the molecule is CN(C)CCNC(=O)c1ccn(-c2ccnc(Nc3ccc(N4CCOCC4)cc3)c2)n1.O=C(O)C(F)(F)F. The van der Waals surface area contributed by atoms with Crippen LogP contribution in [0.2, 0.25) is 0 Å². The van der Waals surface area contributed by atoms with E-state index in [1.54, 1.807) is 23.1 Å². The summed E-state index contributed by atoms with van der Waals surface area (Å²) in [6, 6.07) is 13.8. The van der Waals surface area contributed by atoms with Gasteiger partial charge in [-0.05, 0) is 50.5 Å². The Morgan fingerprint density at radius 1 is 1.08 bits per heavy atom. The number of carbonyl (C=O) groups is 2. The Hall–Kier alpha value is -4.17. The molecule has 210 valence electrons. The molecule has 1 aromatic carbocycles. The molecule has 4 rings (SSSR count). The van der Waals surface area contributed by atoms with Gasteiger partial charge in [0, 0.05) is 56.0 Å². The van der Waals surface area contributed by atoms with Gasteiger partial charge in [0.2, 0.25) is 0 Å². The number of carboxylic acids is 1. The van der Waals surface area contributed by atoms with Crippen molar-refractivity contribution < 1.29 is 32.6 Å². The standard InChI is InChI=1S/C23H29N7O2.C2HF3O2/c1-28(2)12-10-25-23(31)21-8-11-30(27-21)20-7-9-24-22(17-20)26-18-3-5-19(6-4-18)29-13-15-32-16-14-29;3-2(4,5)1(6)7/h3-9,11,17H,10,12-16H2,1-2H3,(H,24,26)(H,25,31);(H,6,7). The van der Waals surface area contributed by atoms with E-state index in [0.717, 1.165) is 44.2 Å². The molecule has 1 fully saturated rings. The number of nitrogens with zero attached hydrogens (tertiary/aromatic N) is 5. The third-order valence-electron chi connectivity index (χ3n) is 5.43. The summed E-state index contributed by atoms with van der Waals surface area (Å²) in [7, 11) is 3.93. The largest absolute Gasteiger partial charge is 0.490 e. The summed E-state index contributed by atoms with van der Waals surface area (Å²) in [4.78, 5) is 29.9. The van der Waals surface area contributed by atoms with E-state index >= 15 is 0 Å². The van der Waals surface area contributed by atoms with Crippen LogP contribution in [0.25, 0.3) is 5.69 Å². The van der Waals surface area contributed by atoms with E-state index in [1.165, 1.54) is 5.69 Å². The first-order valence-electron chi connectivity index (χ1n) is 12.0. The quantitative estimate of drug-likeness (QED) is 0.389. The lowest BCUT2D eigenvalue weighted by atomic mass is 10.2. The number of anilines is 3. The number of rotatable bonds is 8. The van der Waals surface area contributed by atoms with Gasteiger partial charge in [0.1, 0.15) is 5.82 Å². The number of ether oxygens (including phenoxy) is 1. The Morgan fingerprint density at radius 3 is 2.36 bits per heavy atom. The van der Waals surface area contributed by atoms with Crippen molar-refractivity contribution in [1.29, 1.82) is 0 Å². The van der Waals surface area contributed by atoms with Gasteiger partial charge in [0.15, 0.2) is 5.69 Å². The molecular formula is C25H30F3N7O4. The minimum absolute atomic E-state index is 0.182. The van der Waals surface area contributed by atoms with E-state index in [2.05, 4.69) is 37.7 Å². The highest BCUT2D eigenvalue weighted by Gasteiger charge is 2.38. The zero-order valence-corrected chi connectivity index (χ0v) is 21.5. The van der Waals surface area contributed by atoms with Crippen LogP contribution in [0.15, 0.2) is 54.9 Å². The predicted octanol–water partition coefficient (Wildman–Crippen LogP) is 2.77. The first-order valence-corrected chi connectivity index (χ1v) is 12.0. The third-order valence-corrected chi connectivity index (χ3v) is 5.43. The number of nitrogens with one attached hydrogen (secondary N) is 2. The molecule has 39 heavy (non-hydrogen) atoms. The van der Waals surface area contributed by atoms with Crippen LogP contribution in [0.1, 0.15) is 10.5 Å². The molecule has 0 spiro atoms. The molecule has 3 aromatic rings. The number of benzene rings is 1. The van der Waals surface area contributed by atoms with Gasteiger partial charge in [-0.25, -0.2) is 14.5 Å². The lowest BCUT2D eigenvalue weighted by Crippen LogP contribution is -2.36. The second kappa shape index (κ2) is 13.6. The Bertz CT molecular complexity index is 1230. The summed E-state index contributed by atoms with van der Waals surface area (Å²) in [5.74, 6) is -2.24. The van der Waals surface area contributed by atoms with Crippen LogP contribution in [0, 0.1) is 0 Å². The van der Waals surface area contributed by atoms with Gasteiger partial charge >= 0.3 is 12.1 Å². The second-order valence-electron chi connectivity index (χ2n) is 8.68. The summed E-state index contributed by atoms with van der Waals surface area (Å²) in [6.45, 7) is 4.71. The van der Waals surface area contributed by atoms with Crippen molar-refractivity contribution in [1.82, 2.24) is 25.0 Å². The summed E-state index contributed by atoms with van der Waals surface area (Å²) in [6.07, 6.45) is -1.59. The summed E-state index contributed by atoms with van der Waals surface area (Å²) < 4.78 is 38.8. The fraction of sp³-hybridized carbons (Fsp3) is 0.360. The van der Waals surface area contributed by atoms with Gasteiger partial charge in [-0.15, -0.1) is 0 Å². The molecule has 2 aromatic heterocycles. The van der Waals surface area contributed by atoms with Crippen molar-refractivity contribution in [2.45, 2.75) is 6.18 Å². The first-order chi connectivity index (χ1) is 18.5. The normalized spacial score (nSPS) is 13.4. The number of aliphatic carboxylic acids is 1. The number of likely N-dealkylation sites (N-methyl/N-ethyl adjacent to an activating group) is 1. The van der Waals surface area contributed by atoms with Crippen molar-refractivity contribution in [3.8, 4) is 5.69 Å². The molecule has 3 heterocycles. The maximum Gasteiger partial charge on any atom is 0.490 e. The van der Waals surface area contributed by atoms with Crippen molar-refractivity contribution in [3.05, 3.63) is 60.6 Å². The fourth-order valence-electron chi connectivity index (χ4n) is 3.43. The predicted molar refractivity (Wildman–Crippen MR) is 139 cm³/mol. The topological polar surface area (TPSA) is 125 Å². The zero-order chi connectivity index (χ0) is 28.4. The van der Waals surface area contributed by atoms with E-state index in [1.807, 2.05) is 43.3 Å². The number of pyridine rings is 1. The molecule has 1 aliphatic rings. The molecule has 0 aliphatic carbocycles. The van der Waals surface area contributed by atoms with Crippen LogP contribution in [-0.2, 0) is 9.53 Å². The fourth-order valence-corrected chi connectivity index (χ4v) is 3.43. The molecule has 0 bridgehead atoms. The van der Waals surface area contributed by atoms with E-state index in [4.69, 9.17) is 14.6 Å². The lowest BCUT2D eigenvalue weighted by molar-refractivity contribution is -0.192. The average Bonchev–Trinajstić information content (AvgIpc) is 3.40. The van der Waals surface area contributed by atoms with E-state index < -0.39 is 12.1 Å². The van der Waals surface area contributed by atoms with E-state index in [-0.39, 0.29) is 5.91 Å². The van der Waals surface area contributed by atoms with Gasteiger partial charge in [-0.1, -0.05) is 0 Å². The van der Waals surface area contributed by atoms with Crippen molar-refractivity contribution in [3.63, 3.8) is 0 Å². The van der Waals surface area contributed by atoms with Crippen LogP contribution in [0.5, 0.6) is 0 Å². The molecule has 11 nitrogen and oxygen atoms in total. The minimum Gasteiger partial charge on any atom is -0.475 e. The maximum atomic E-state index is 12.3. The van der Waals surface area contributed by atoms with Crippen LogP contribution in [0.3, 0.4) is 0 Å².